The van der Waals surface area contributed by atoms with E-state index in [9.17, 15) is 15.0 Å². The molecule has 0 radical (unpaired) electrons. The molecule has 2 aromatic heterocycles. The van der Waals surface area contributed by atoms with Crippen molar-refractivity contribution in [2.24, 2.45) is 5.10 Å². The lowest BCUT2D eigenvalue weighted by molar-refractivity contribution is -0.118. The van der Waals surface area contributed by atoms with Crippen molar-refractivity contribution in [1.29, 1.82) is 0 Å². The van der Waals surface area contributed by atoms with Gasteiger partial charge < -0.3 is 10.2 Å². The molecule has 0 aliphatic heterocycles. The fraction of sp³-hybridized carbons (Fsp3) is 0.0455. The second-order valence-corrected chi connectivity index (χ2v) is 8.55. The fourth-order valence-corrected chi connectivity index (χ4v) is 3.84. The Bertz CT molecular complexity index is 1300. The predicted molar refractivity (Wildman–Crippen MR) is 129 cm³/mol. The summed E-state index contributed by atoms with van der Waals surface area (Å²) in [6, 6.07) is 15.6. The van der Waals surface area contributed by atoms with Crippen molar-refractivity contribution in [3.63, 3.8) is 0 Å². The second-order valence-electron chi connectivity index (χ2n) is 6.69. The number of amides is 1. The summed E-state index contributed by atoms with van der Waals surface area (Å²) < 4.78 is 2.81. The van der Waals surface area contributed by atoms with Gasteiger partial charge in [0.05, 0.1) is 12.0 Å². The molecule has 0 unspecified atom stereocenters. The molecule has 11 heteroatoms. The van der Waals surface area contributed by atoms with E-state index in [0.29, 0.717) is 16.5 Å². The van der Waals surface area contributed by atoms with Gasteiger partial charge in [0.1, 0.15) is 0 Å². The van der Waals surface area contributed by atoms with Crippen LogP contribution >= 0.6 is 27.7 Å². The number of hydrogen-bond acceptors (Lipinski definition) is 8. The Morgan fingerprint density at radius 3 is 2.67 bits per heavy atom. The number of rotatable bonds is 7. The molecule has 1 amide bonds. The van der Waals surface area contributed by atoms with Gasteiger partial charge in [0.2, 0.25) is 0 Å². The summed E-state index contributed by atoms with van der Waals surface area (Å²) in [4.78, 5) is 16.4. The third kappa shape index (κ3) is 5.57. The molecule has 0 aliphatic rings. The number of nitrogens with one attached hydrogen (secondary N) is 1. The van der Waals surface area contributed by atoms with Crippen LogP contribution in [0.3, 0.4) is 0 Å². The lowest BCUT2D eigenvalue weighted by atomic mass is 10.2. The van der Waals surface area contributed by atoms with E-state index < -0.39 is 0 Å². The first-order valence-electron chi connectivity index (χ1n) is 9.60. The van der Waals surface area contributed by atoms with Crippen LogP contribution in [0.5, 0.6) is 11.5 Å². The quantitative estimate of drug-likeness (QED) is 0.145. The van der Waals surface area contributed by atoms with Gasteiger partial charge in [-0.05, 0) is 60.2 Å². The number of carbonyl (C=O) groups is 1. The number of benzene rings is 2. The minimum absolute atomic E-state index is 0.0554. The molecular weight excluding hydrogens is 508 g/mol. The molecule has 33 heavy (non-hydrogen) atoms. The number of halogens is 1. The first kappa shape index (κ1) is 22.5. The van der Waals surface area contributed by atoms with Gasteiger partial charge in [-0.1, -0.05) is 27.7 Å². The van der Waals surface area contributed by atoms with Crippen LogP contribution < -0.4 is 5.43 Å². The summed E-state index contributed by atoms with van der Waals surface area (Å²) in [7, 11) is 0. The van der Waals surface area contributed by atoms with Crippen molar-refractivity contribution in [2.45, 2.75) is 5.16 Å². The maximum atomic E-state index is 12.3. The van der Waals surface area contributed by atoms with Gasteiger partial charge >= 0.3 is 0 Å². The summed E-state index contributed by atoms with van der Waals surface area (Å²) >= 11 is 4.66. The molecule has 0 saturated carbocycles. The number of hydrazone groups is 1. The van der Waals surface area contributed by atoms with E-state index in [1.165, 1.54) is 30.1 Å². The van der Waals surface area contributed by atoms with Gasteiger partial charge in [0, 0.05) is 28.1 Å². The van der Waals surface area contributed by atoms with Crippen molar-refractivity contribution < 1.29 is 15.0 Å². The van der Waals surface area contributed by atoms with E-state index in [0.717, 1.165) is 15.7 Å². The van der Waals surface area contributed by atoms with Crippen molar-refractivity contribution in [3.8, 4) is 28.6 Å². The topological polar surface area (TPSA) is 126 Å². The van der Waals surface area contributed by atoms with E-state index in [1.54, 1.807) is 18.5 Å². The zero-order valence-corrected chi connectivity index (χ0v) is 19.4. The minimum atomic E-state index is -0.340. The van der Waals surface area contributed by atoms with Crippen molar-refractivity contribution in [1.82, 2.24) is 25.2 Å². The normalized spacial score (nSPS) is 11.1. The lowest BCUT2D eigenvalue weighted by Crippen LogP contribution is -2.20. The van der Waals surface area contributed by atoms with Gasteiger partial charge in [0.15, 0.2) is 22.5 Å². The highest BCUT2D eigenvalue weighted by Crippen LogP contribution is 2.28. The Morgan fingerprint density at radius 1 is 1.12 bits per heavy atom. The number of pyridine rings is 1. The molecule has 4 rings (SSSR count). The number of aromatic hydroxyl groups is 2. The van der Waals surface area contributed by atoms with Gasteiger partial charge in [0.25, 0.3) is 5.91 Å². The summed E-state index contributed by atoms with van der Waals surface area (Å²) in [5.41, 5.74) is 4.59. The number of aromatic nitrogens is 4. The standard InChI is InChI=1S/C22H17BrN6O3S/c23-16-4-6-17(7-5-16)29-21(15-2-1-9-24-12-15)27-28-22(29)33-13-20(32)26-25-11-14-3-8-18(30)19(31)10-14/h1-12,30-31H,13H2,(H,26,32). The van der Waals surface area contributed by atoms with Crippen LogP contribution in [0.4, 0.5) is 0 Å². The minimum Gasteiger partial charge on any atom is -0.504 e. The Labute approximate surface area is 201 Å². The molecule has 2 aromatic carbocycles. The maximum Gasteiger partial charge on any atom is 0.250 e. The van der Waals surface area contributed by atoms with E-state index in [2.05, 4.69) is 41.6 Å². The lowest BCUT2D eigenvalue weighted by Gasteiger charge is -2.10. The summed E-state index contributed by atoms with van der Waals surface area (Å²) in [6.07, 6.45) is 4.76. The van der Waals surface area contributed by atoms with Crippen molar-refractivity contribution in [3.05, 3.63) is 77.0 Å². The average molecular weight is 525 g/mol. The summed E-state index contributed by atoms with van der Waals surface area (Å²) in [5.74, 6) is -0.170. The second kappa shape index (κ2) is 10.3. The van der Waals surface area contributed by atoms with Crippen LogP contribution in [0.25, 0.3) is 17.1 Å². The molecule has 166 valence electrons. The Balaban J connectivity index is 1.49. The highest BCUT2D eigenvalue weighted by Gasteiger charge is 2.17. The average Bonchev–Trinajstić information content (AvgIpc) is 3.25. The summed E-state index contributed by atoms with van der Waals surface area (Å²) in [5, 5.41) is 31.9. The maximum absolute atomic E-state index is 12.3. The van der Waals surface area contributed by atoms with Crippen LogP contribution in [-0.4, -0.2) is 47.8 Å². The third-order valence-corrected chi connectivity index (χ3v) is 5.83. The van der Waals surface area contributed by atoms with E-state index in [4.69, 9.17) is 0 Å². The largest absolute Gasteiger partial charge is 0.504 e. The van der Waals surface area contributed by atoms with Gasteiger partial charge in [-0.15, -0.1) is 10.2 Å². The fourth-order valence-electron chi connectivity index (χ4n) is 2.83. The van der Waals surface area contributed by atoms with E-state index in [1.807, 2.05) is 41.0 Å². The number of nitrogens with zero attached hydrogens (tertiary/aromatic N) is 5. The predicted octanol–water partition coefficient (Wildman–Crippen LogP) is 3.75. The SMILES string of the molecule is O=C(CSc1nnc(-c2cccnc2)n1-c1ccc(Br)cc1)NN=Cc1ccc(O)c(O)c1. The number of phenols is 2. The molecule has 0 spiro atoms. The molecule has 2 heterocycles. The molecule has 9 nitrogen and oxygen atoms in total. The van der Waals surface area contributed by atoms with Crippen molar-refractivity contribution >= 4 is 39.8 Å². The Hall–Kier alpha value is -3.70. The summed E-state index contributed by atoms with van der Waals surface area (Å²) in [6.45, 7) is 0. The Kier molecular flexibility index (Phi) is 7.01. The van der Waals surface area contributed by atoms with Crippen LogP contribution in [0, 0.1) is 0 Å². The molecule has 3 N–H and O–H groups in total. The van der Waals surface area contributed by atoms with Crippen molar-refractivity contribution in [2.75, 3.05) is 5.75 Å². The number of phenolic OH excluding ortho intramolecular Hbond substituents is 2. The highest BCUT2D eigenvalue weighted by atomic mass is 79.9. The third-order valence-electron chi connectivity index (χ3n) is 4.37. The van der Waals surface area contributed by atoms with Gasteiger partial charge in [-0.2, -0.15) is 5.10 Å². The molecule has 0 saturated heterocycles. The Morgan fingerprint density at radius 2 is 1.94 bits per heavy atom. The number of hydrogen-bond donors (Lipinski definition) is 3. The van der Waals surface area contributed by atoms with Crippen LogP contribution in [-0.2, 0) is 4.79 Å². The number of carbonyl (C=O) groups excluding carboxylic acids is 1. The smallest absolute Gasteiger partial charge is 0.250 e. The van der Waals surface area contributed by atoms with Gasteiger partial charge in [-0.3, -0.25) is 14.3 Å². The van der Waals surface area contributed by atoms with E-state index >= 15 is 0 Å². The zero-order valence-electron chi connectivity index (χ0n) is 17.0. The van der Waals surface area contributed by atoms with Crippen LogP contribution in [0.1, 0.15) is 5.56 Å². The van der Waals surface area contributed by atoms with Crippen LogP contribution in [0.15, 0.2) is 81.7 Å². The van der Waals surface area contributed by atoms with Crippen LogP contribution in [0.2, 0.25) is 0 Å². The molecule has 4 aromatic rings. The zero-order chi connectivity index (χ0) is 23.2. The van der Waals surface area contributed by atoms with E-state index in [-0.39, 0.29) is 23.2 Å². The number of thioether (sulfide) groups is 1. The molecule has 0 fully saturated rings. The molecule has 0 atom stereocenters. The first-order valence-corrected chi connectivity index (χ1v) is 11.4. The van der Waals surface area contributed by atoms with Gasteiger partial charge in [-0.25, -0.2) is 5.43 Å². The monoisotopic (exact) mass is 524 g/mol. The molecule has 0 bridgehead atoms. The first-order chi connectivity index (χ1) is 16.0. The highest BCUT2D eigenvalue weighted by molar-refractivity contribution is 9.10. The molecule has 0 aliphatic carbocycles. The molecular formula is C22H17BrN6O3S.